The maximum absolute atomic E-state index is 12.5. The van der Waals surface area contributed by atoms with Gasteiger partial charge in [-0.1, -0.05) is 17.7 Å². The van der Waals surface area contributed by atoms with Crippen molar-refractivity contribution in [1.82, 2.24) is 10.6 Å². The zero-order valence-corrected chi connectivity index (χ0v) is 14.4. The maximum Gasteiger partial charge on any atom is 0.252 e. The highest BCUT2D eigenvalue weighted by atomic mass is 35.5. The predicted octanol–water partition coefficient (Wildman–Crippen LogP) is 2.16. The van der Waals surface area contributed by atoms with Gasteiger partial charge in [-0.2, -0.15) is 0 Å². The van der Waals surface area contributed by atoms with Crippen LogP contribution in [0.5, 0.6) is 5.75 Å². The van der Waals surface area contributed by atoms with Crippen molar-refractivity contribution in [3.05, 3.63) is 28.8 Å². The predicted molar refractivity (Wildman–Crippen MR) is 88.9 cm³/mol. The Morgan fingerprint density at radius 3 is 2.64 bits per heavy atom. The average molecular weight is 349 g/mol. The van der Waals surface area contributed by atoms with Crippen LogP contribution in [-0.2, 0) is 16.1 Å². The number of methoxy groups -OCH3 is 2. The molecule has 0 bridgehead atoms. The van der Waals surface area contributed by atoms with Gasteiger partial charge < -0.3 is 20.1 Å². The van der Waals surface area contributed by atoms with Crippen molar-refractivity contribution >= 4 is 29.9 Å². The molecule has 2 rings (SSSR count). The van der Waals surface area contributed by atoms with E-state index in [0.717, 1.165) is 18.7 Å². The second-order valence-corrected chi connectivity index (χ2v) is 5.46. The molecule has 1 saturated heterocycles. The van der Waals surface area contributed by atoms with Gasteiger partial charge in [-0.3, -0.25) is 4.79 Å². The Morgan fingerprint density at radius 1 is 1.36 bits per heavy atom. The minimum Gasteiger partial charge on any atom is -0.496 e. The Balaban J connectivity index is 0.00000242. The standard InChI is InChI=1S/C15H21ClN2O3.ClH/c1-20-13-5-3-4-12(16)11(13)10-18-14(19)15(21-2)6-8-17-9-7-15;/h3-5,17H,6-10H2,1-2H3,(H,18,19);1H. The molecule has 5 nitrogen and oxygen atoms in total. The molecule has 1 fully saturated rings. The highest BCUT2D eigenvalue weighted by molar-refractivity contribution is 6.31. The molecule has 0 unspecified atom stereocenters. The van der Waals surface area contributed by atoms with Crippen LogP contribution in [0.3, 0.4) is 0 Å². The van der Waals surface area contributed by atoms with Crippen molar-refractivity contribution in [3.63, 3.8) is 0 Å². The second-order valence-electron chi connectivity index (χ2n) is 5.05. The highest BCUT2D eigenvalue weighted by Crippen LogP contribution is 2.27. The molecule has 0 radical (unpaired) electrons. The first-order valence-electron chi connectivity index (χ1n) is 6.98. The van der Waals surface area contributed by atoms with Gasteiger partial charge in [0, 0.05) is 24.2 Å². The van der Waals surface area contributed by atoms with Gasteiger partial charge in [-0.05, 0) is 38.1 Å². The molecule has 7 heteroatoms. The maximum atomic E-state index is 12.5. The number of halogens is 2. The number of carbonyl (C=O) groups excluding carboxylic acids is 1. The van der Waals surface area contributed by atoms with E-state index in [2.05, 4.69) is 10.6 Å². The summed E-state index contributed by atoms with van der Waals surface area (Å²) in [4.78, 5) is 12.5. The SMILES string of the molecule is COc1cccc(Cl)c1CNC(=O)C1(OC)CCNCC1.Cl. The van der Waals surface area contributed by atoms with Crippen molar-refractivity contribution in [2.24, 2.45) is 0 Å². The number of piperidine rings is 1. The Bertz CT molecular complexity index is 506. The average Bonchev–Trinajstić information content (AvgIpc) is 2.53. The lowest BCUT2D eigenvalue weighted by Crippen LogP contribution is -2.53. The van der Waals surface area contributed by atoms with Gasteiger partial charge in [0.15, 0.2) is 0 Å². The molecule has 0 spiro atoms. The molecular weight excluding hydrogens is 327 g/mol. The fraction of sp³-hybridized carbons (Fsp3) is 0.533. The van der Waals surface area contributed by atoms with Crippen LogP contribution in [-0.4, -0.2) is 38.8 Å². The third-order valence-electron chi connectivity index (χ3n) is 3.94. The summed E-state index contributed by atoms with van der Waals surface area (Å²) in [6.07, 6.45) is 1.32. The molecule has 22 heavy (non-hydrogen) atoms. The molecule has 0 saturated carbocycles. The molecule has 1 aromatic carbocycles. The lowest BCUT2D eigenvalue weighted by Gasteiger charge is -2.34. The summed E-state index contributed by atoms with van der Waals surface area (Å²) in [5.41, 5.74) is 0.0231. The van der Waals surface area contributed by atoms with Crippen molar-refractivity contribution < 1.29 is 14.3 Å². The number of nitrogens with one attached hydrogen (secondary N) is 2. The van der Waals surface area contributed by atoms with Crippen LogP contribution in [0.25, 0.3) is 0 Å². The van der Waals surface area contributed by atoms with E-state index in [-0.39, 0.29) is 18.3 Å². The summed E-state index contributed by atoms with van der Waals surface area (Å²) in [6, 6.07) is 5.42. The Hall–Kier alpha value is -1.01. The van der Waals surface area contributed by atoms with Crippen LogP contribution in [0.15, 0.2) is 18.2 Å². The fourth-order valence-electron chi connectivity index (χ4n) is 2.59. The summed E-state index contributed by atoms with van der Waals surface area (Å²) < 4.78 is 10.8. The number of hydrogen-bond acceptors (Lipinski definition) is 4. The molecule has 1 aliphatic heterocycles. The number of benzene rings is 1. The Morgan fingerprint density at radius 2 is 2.05 bits per heavy atom. The zero-order valence-electron chi connectivity index (χ0n) is 12.8. The molecule has 124 valence electrons. The minimum atomic E-state index is -0.750. The number of amides is 1. The van der Waals surface area contributed by atoms with Crippen LogP contribution >= 0.6 is 24.0 Å². The van der Waals surface area contributed by atoms with Gasteiger partial charge in [0.2, 0.25) is 0 Å². The monoisotopic (exact) mass is 348 g/mol. The lowest BCUT2D eigenvalue weighted by atomic mass is 9.91. The van der Waals surface area contributed by atoms with E-state index in [1.54, 1.807) is 20.3 Å². The largest absolute Gasteiger partial charge is 0.496 e. The molecule has 1 aromatic rings. The minimum absolute atomic E-state index is 0. The fourth-order valence-corrected chi connectivity index (χ4v) is 2.82. The summed E-state index contributed by atoms with van der Waals surface area (Å²) in [5, 5.41) is 6.72. The van der Waals surface area contributed by atoms with Gasteiger partial charge in [-0.25, -0.2) is 0 Å². The Kier molecular flexibility index (Phi) is 7.42. The first kappa shape index (κ1) is 19.0. The third kappa shape index (κ3) is 4.04. The van der Waals surface area contributed by atoms with Crippen molar-refractivity contribution in [2.75, 3.05) is 27.3 Å². The van der Waals surface area contributed by atoms with Crippen LogP contribution < -0.4 is 15.4 Å². The molecule has 0 aromatic heterocycles. The Labute approximate surface area is 142 Å². The molecule has 0 atom stereocenters. The number of rotatable bonds is 5. The first-order chi connectivity index (χ1) is 10.1. The van der Waals surface area contributed by atoms with Gasteiger partial charge >= 0.3 is 0 Å². The highest BCUT2D eigenvalue weighted by Gasteiger charge is 2.39. The van der Waals surface area contributed by atoms with Crippen molar-refractivity contribution in [1.29, 1.82) is 0 Å². The lowest BCUT2D eigenvalue weighted by molar-refractivity contribution is -0.146. The van der Waals surface area contributed by atoms with E-state index in [9.17, 15) is 4.79 Å². The molecule has 0 aliphatic carbocycles. The summed E-state index contributed by atoms with van der Waals surface area (Å²) >= 11 is 6.17. The van der Waals surface area contributed by atoms with E-state index in [1.165, 1.54) is 0 Å². The molecule has 2 N–H and O–H groups in total. The second kappa shape index (κ2) is 8.58. The number of hydrogen-bond donors (Lipinski definition) is 2. The molecular formula is C15H22Cl2N2O3. The van der Waals surface area contributed by atoms with E-state index in [4.69, 9.17) is 21.1 Å². The smallest absolute Gasteiger partial charge is 0.252 e. The summed E-state index contributed by atoms with van der Waals surface area (Å²) in [5.74, 6) is 0.563. The molecule has 1 amide bonds. The summed E-state index contributed by atoms with van der Waals surface area (Å²) in [7, 11) is 3.17. The van der Waals surface area contributed by atoms with E-state index >= 15 is 0 Å². The quantitative estimate of drug-likeness (QED) is 0.855. The van der Waals surface area contributed by atoms with Gasteiger partial charge in [0.1, 0.15) is 11.4 Å². The van der Waals surface area contributed by atoms with Crippen LogP contribution in [0.4, 0.5) is 0 Å². The van der Waals surface area contributed by atoms with Gasteiger partial charge in [0.05, 0.1) is 7.11 Å². The molecule has 1 heterocycles. The van der Waals surface area contributed by atoms with E-state index in [0.29, 0.717) is 30.2 Å². The van der Waals surface area contributed by atoms with E-state index in [1.807, 2.05) is 12.1 Å². The summed E-state index contributed by atoms with van der Waals surface area (Å²) in [6.45, 7) is 1.87. The van der Waals surface area contributed by atoms with Crippen LogP contribution in [0.2, 0.25) is 5.02 Å². The number of carbonyl (C=O) groups is 1. The topological polar surface area (TPSA) is 59.6 Å². The third-order valence-corrected chi connectivity index (χ3v) is 4.29. The first-order valence-corrected chi connectivity index (χ1v) is 7.36. The van der Waals surface area contributed by atoms with Crippen LogP contribution in [0.1, 0.15) is 18.4 Å². The van der Waals surface area contributed by atoms with Gasteiger partial charge in [0.25, 0.3) is 5.91 Å². The molecule has 1 aliphatic rings. The van der Waals surface area contributed by atoms with Crippen molar-refractivity contribution in [2.45, 2.75) is 25.0 Å². The normalized spacial score (nSPS) is 16.5. The van der Waals surface area contributed by atoms with Crippen LogP contribution in [0, 0.1) is 0 Å². The number of ether oxygens (including phenoxy) is 2. The van der Waals surface area contributed by atoms with Gasteiger partial charge in [-0.15, -0.1) is 12.4 Å². The zero-order chi connectivity index (χ0) is 15.3. The van der Waals surface area contributed by atoms with Crippen molar-refractivity contribution in [3.8, 4) is 5.75 Å². The van der Waals surface area contributed by atoms with E-state index < -0.39 is 5.60 Å².